The van der Waals surface area contributed by atoms with Gasteiger partial charge in [-0.05, 0) is 0 Å². The summed E-state index contributed by atoms with van der Waals surface area (Å²) in [6.07, 6.45) is 0. The molecular weight excluding hydrogens is 633 g/mol. The van der Waals surface area contributed by atoms with Gasteiger partial charge in [-0.3, -0.25) is 13.8 Å². The van der Waals surface area contributed by atoms with E-state index in [1.165, 1.54) is 82.3 Å². The molecule has 0 bridgehead atoms. The molecule has 0 amide bonds. The van der Waals surface area contributed by atoms with Crippen molar-refractivity contribution in [2.75, 3.05) is 92.3 Å². The van der Waals surface area contributed by atoms with Crippen LogP contribution in [0.3, 0.4) is 0 Å². The number of hydrogen-bond donors (Lipinski definition) is 2. The van der Waals surface area contributed by atoms with E-state index in [0.717, 1.165) is 22.3 Å². The molecule has 0 aliphatic rings. The van der Waals surface area contributed by atoms with E-state index in [1.54, 1.807) is 11.8 Å². The molecular formula is C18H34O8S9. The summed E-state index contributed by atoms with van der Waals surface area (Å²) < 4.78 is 17.1. The molecule has 0 aromatic heterocycles. The number of esters is 1. The highest BCUT2D eigenvalue weighted by Crippen LogP contribution is 2.14. The molecule has 2 N–H and O–H groups in total. The highest BCUT2D eigenvalue weighted by atomic mass is 32.2. The summed E-state index contributed by atoms with van der Waals surface area (Å²) in [5.41, 5.74) is 0. The van der Waals surface area contributed by atoms with Crippen LogP contribution in [0.2, 0.25) is 0 Å². The zero-order valence-corrected chi connectivity index (χ0v) is 26.7. The number of carbonyl (C=O) groups excluding carboxylic acids is 2. The van der Waals surface area contributed by atoms with E-state index >= 15 is 0 Å². The smallest absolute Gasteiger partial charge is 0.316 e. The van der Waals surface area contributed by atoms with E-state index in [-0.39, 0.29) is 34.7 Å². The molecule has 0 fully saturated rings. The Kier molecular flexibility index (Phi) is 32.2. The Labute approximate surface area is 244 Å². The third-order valence-electron chi connectivity index (χ3n) is 3.19. The first kappa shape index (κ1) is 36.9. The SMILES string of the molecule is O=C(CSCCS(=O)CCSCCSC(=O)CSCCOOCSCSCO)OCSCSCO. The van der Waals surface area contributed by atoms with Crippen molar-refractivity contribution in [3.63, 3.8) is 0 Å². The summed E-state index contributed by atoms with van der Waals surface area (Å²) in [5, 5.41) is 18.8. The van der Waals surface area contributed by atoms with Crippen LogP contribution < -0.4 is 0 Å². The summed E-state index contributed by atoms with van der Waals surface area (Å²) >= 11 is 11.7. The Hall–Kier alpha value is 1.93. The molecule has 0 heterocycles. The Balaban J connectivity index is 3.36. The minimum atomic E-state index is -0.905. The highest BCUT2D eigenvalue weighted by molar-refractivity contribution is 8.16. The largest absolute Gasteiger partial charge is 0.454 e. The Morgan fingerprint density at radius 3 is 2.06 bits per heavy atom. The molecule has 1 unspecified atom stereocenters. The van der Waals surface area contributed by atoms with Crippen molar-refractivity contribution in [1.29, 1.82) is 0 Å². The number of hydrogen-bond acceptors (Lipinski definition) is 16. The van der Waals surface area contributed by atoms with Gasteiger partial charge < -0.3 is 14.9 Å². The van der Waals surface area contributed by atoms with Crippen LogP contribution in [0, 0.1) is 0 Å². The molecule has 0 rings (SSSR count). The molecule has 0 aromatic rings. The fourth-order valence-electron chi connectivity index (χ4n) is 1.70. The second-order valence-corrected chi connectivity index (χ2v) is 16.6. The van der Waals surface area contributed by atoms with E-state index in [4.69, 9.17) is 24.7 Å². The number of ether oxygens (including phenoxy) is 1. The second kappa shape index (κ2) is 30.5. The Bertz CT molecular complexity index is 534. The normalized spacial score (nSPS) is 12.1. The molecule has 0 aliphatic carbocycles. The molecule has 0 spiro atoms. The lowest BCUT2D eigenvalue weighted by atomic mass is 10.8. The van der Waals surface area contributed by atoms with Gasteiger partial charge in [-0.15, -0.1) is 58.8 Å². The Morgan fingerprint density at radius 2 is 1.34 bits per heavy atom. The quantitative estimate of drug-likeness (QED) is 0.0438. The zero-order chi connectivity index (χ0) is 25.8. The van der Waals surface area contributed by atoms with Gasteiger partial charge in [0.05, 0.1) is 30.0 Å². The van der Waals surface area contributed by atoms with Crippen molar-refractivity contribution < 1.29 is 38.5 Å². The molecule has 0 aliphatic heterocycles. The van der Waals surface area contributed by atoms with Gasteiger partial charge in [0.2, 0.25) is 0 Å². The third kappa shape index (κ3) is 30.3. The minimum absolute atomic E-state index is 0.0615. The molecule has 1 atom stereocenters. The predicted octanol–water partition coefficient (Wildman–Crippen LogP) is 3.35. The van der Waals surface area contributed by atoms with Gasteiger partial charge >= 0.3 is 5.97 Å². The van der Waals surface area contributed by atoms with Crippen LogP contribution in [0.4, 0.5) is 0 Å². The van der Waals surface area contributed by atoms with E-state index < -0.39 is 10.8 Å². The van der Waals surface area contributed by atoms with Crippen LogP contribution in [0.15, 0.2) is 0 Å². The lowest BCUT2D eigenvalue weighted by Crippen LogP contribution is -2.11. The van der Waals surface area contributed by atoms with Gasteiger partial charge in [0.1, 0.15) is 11.9 Å². The molecule has 0 saturated carbocycles. The predicted molar refractivity (Wildman–Crippen MR) is 164 cm³/mol. The van der Waals surface area contributed by atoms with Gasteiger partial charge in [0.25, 0.3) is 0 Å². The molecule has 8 nitrogen and oxygen atoms in total. The maximum absolute atomic E-state index is 12.0. The fourth-order valence-corrected chi connectivity index (χ4v) is 9.48. The topological polar surface area (TPSA) is 119 Å². The van der Waals surface area contributed by atoms with E-state index in [0.29, 0.717) is 46.4 Å². The highest BCUT2D eigenvalue weighted by Gasteiger charge is 2.06. The second-order valence-electron chi connectivity index (χ2n) is 5.79. The summed E-state index contributed by atoms with van der Waals surface area (Å²) in [7, 11) is -0.905. The van der Waals surface area contributed by atoms with E-state index in [1.807, 2.05) is 0 Å². The van der Waals surface area contributed by atoms with Gasteiger partial charge in [-0.2, -0.15) is 23.5 Å². The zero-order valence-electron chi connectivity index (χ0n) is 19.3. The first-order valence-electron chi connectivity index (χ1n) is 10.3. The van der Waals surface area contributed by atoms with Crippen LogP contribution in [-0.2, 0) is 34.9 Å². The summed E-state index contributed by atoms with van der Waals surface area (Å²) in [5.74, 6) is 6.19. The summed E-state index contributed by atoms with van der Waals surface area (Å²) in [4.78, 5) is 33.4. The monoisotopic (exact) mass is 666 g/mol. The van der Waals surface area contributed by atoms with Gasteiger partial charge in [0.15, 0.2) is 5.12 Å². The molecule has 208 valence electrons. The van der Waals surface area contributed by atoms with Crippen LogP contribution in [-0.4, -0.2) is 118 Å². The van der Waals surface area contributed by atoms with E-state index in [9.17, 15) is 13.8 Å². The first-order valence-corrected chi connectivity index (χ1v) is 20.8. The maximum atomic E-state index is 12.0. The minimum Gasteiger partial charge on any atom is -0.454 e. The van der Waals surface area contributed by atoms with Gasteiger partial charge in [-0.1, -0.05) is 11.8 Å². The van der Waals surface area contributed by atoms with Crippen LogP contribution in [0.25, 0.3) is 0 Å². The fraction of sp³-hybridized carbons (Fsp3) is 0.889. The first-order chi connectivity index (χ1) is 17.1. The summed E-state index contributed by atoms with van der Waals surface area (Å²) in [6.45, 7) is 0.427. The van der Waals surface area contributed by atoms with Crippen molar-refractivity contribution >= 4 is 116 Å². The van der Waals surface area contributed by atoms with Crippen molar-refractivity contribution in [3.05, 3.63) is 0 Å². The van der Waals surface area contributed by atoms with Crippen molar-refractivity contribution in [2.24, 2.45) is 0 Å². The number of thioether (sulfide) groups is 8. The molecule has 0 aromatic carbocycles. The van der Waals surface area contributed by atoms with Crippen molar-refractivity contribution in [2.45, 2.75) is 0 Å². The van der Waals surface area contributed by atoms with Crippen molar-refractivity contribution in [3.8, 4) is 0 Å². The third-order valence-corrected chi connectivity index (χ3v) is 12.8. The average molecular weight is 667 g/mol. The lowest BCUT2D eigenvalue weighted by Gasteiger charge is -2.05. The molecule has 35 heavy (non-hydrogen) atoms. The van der Waals surface area contributed by atoms with Crippen LogP contribution >= 0.6 is 94.1 Å². The number of rotatable bonds is 27. The lowest BCUT2D eigenvalue weighted by molar-refractivity contribution is -0.274. The van der Waals surface area contributed by atoms with Crippen LogP contribution in [0.1, 0.15) is 0 Å². The number of aliphatic hydroxyl groups is 2. The number of carbonyl (C=O) groups is 2. The van der Waals surface area contributed by atoms with Gasteiger partial charge in [0, 0.05) is 61.2 Å². The van der Waals surface area contributed by atoms with Crippen LogP contribution in [0.5, 0.6) is 0 Å². The summed E-state index contributed by atoms with van der Waals surface area (Å²) in [6, 6.07) is 0. The standard InChI is InChI=1S/C18H34O8S9/c19-11-30-15-32-13-24-17(21)9-29-6-8-35(23)7-5-27-3-4-34-18(22)10-28-2-1-25-26-14-33-16-31-12-20/h19-20H,1-16H2. The molecule has 0 radical (unpaired) electrons. The Morgan fingerprint density at radius 1 is 0.686 bits per heavy atom. The van der Waals surface area contributed by atoms with E-state index in [2.05, 4.69) is 0 Å². The van der Waals surface area contributed by atoms with Crippen molar-refractivity contribution in [1.82, 2.24) is 0 Å². The average Bonchev–Trinajstić information content (AvgIpc) is 2.85. The molecule has 0 saturated heterocycles. The van der Waals surface area contributed by atoms with Gasteiger partial charge in [-0.25, -0.2) is 9.78 Å². The molecule has 17 heteroatoms. The number of aliphatic hydroxyl groups excluding tert-OH is 2. The maximum Gasteiger partial charge on any atom is 0.316 e.